The monoisotopic (exact) mass is 647 g/mol. The second-order valence-corrected chi connectivity index (χ2v) is 19.7. The molecular weight excluding hydrogens is 578 g/mol. The third-order valence-electron chi connectivity index (χ3n) is 12.2. The first-order chi connectivity index (χ1) is 22.1. The molecule has 3 aliphatic rings. The summed E-state index contributed by atoms with van der Waals surface area (Å²) in [7, 11) is 0. The van der Waals surface area contributed by atoms with E-state index < -0.39 is 0 Å². The molecule has 4 heteroatoms. The molecule has 0 radical (unpaired) electrons. The summed E-state index contributed by atoms with van der Waals surface area (Å²) in [6, 6.07) is 14.2. The van der Waals surface area contributed by atoms with E-state index in [-0.39, 0.29) is 21.9 Å². The Labute approximate surface area is 297 Å². The van der Waals surface area contributed by atoms with E-state index in [4.69, 9.17) is 0 Å². The second kappa shape index (κ2) is 12.8. The van der Waals surface area contributed by atoms with E-state index in [1.807, 2.05) is 0 Å². The predicted octanol–water partition coefficient (Wildman–Crippen LogP) is 12.0. The fourth-order valence-corrected chi connectivity index (χ4v) is 11.0. The van der Waals surface area contributed by atoms with Crippen LogP contribution < -0.4 is 9.80 Å². The van der Waals surface area contributed by atoms with Crippen LogP contribution in [0.4, 0.5) is 11.4 Å². The molecule has 2 nitrogen and oxygen atoms in total. The maximum Gasteiger partial charge on any atom is 0.216 e. The predicted molar refractivity (Wildman–Crippen MR) is 217 cm³/mol. The highest BCUT2D eigenvalue weighted by molar-refractivity contribution is 6.82. The molecule has 2 fully saturated rings. The van der Waals surface area contributed by atoms with Crippen LogP contribution in [0.15, 0.2) is 60.3 Å². The van der Waals surface area contributed by atoms with Crippen molar-refractivity contribution in [3.63, 3.8) is 0 Å². The molecule has 0 aliphatic carbocycles. The van der Waals surface area contributed by atoms with Crippen LogP contribution in [0.3, 0.4) is 0 Å². The highest BCUT2D eigenvalue weighted by Crippen LogP contribution is 2.55. The highest BCUT2D eigenvalue weighted by Gasteiger charge is 2.57. The van der Waals surface area contributed by atoms with E-state index in [2.05, 4.69) is 181 Å². The number of rotatable bonds is 8. The van der Waals surface area contributed by atoms with Gasteiger partial charge < -0.3 is 9.80 Å². The second-order valence-electron chi connectivity index (χ2n) is 19.7. The smallest absolute Gasteiger partial charge is 0.216 e. The lowest BCUT2D eigenvalue weighted by Gasteiger charge is -2.46. The summed E-state index contributed by atoms with van der Waals surface area (Å²) in [5.74, 6) is 13.2. The van der Waals surface area contributed by atoms with Gasteiger partial charge in [0.1, 0.15) is 0 Å². The minimum atomic E-state index is 0.0589. The minimum absolute atomic E-state index is 0.0589. The van der Waals surface area contributed by atoms with Crippen LogP contribution in [0.1, 0.15) is 170 Å². The quantitative estimate of drug-likeness (QED) is 0.263. The number of benzene rings is 2. The molecule has 0 saturated carbocycles. The number of hydrogen-bond acceptors (Lipinski definition) is 2. The molecule has 2 atom stereocenters. The van der Waals surface area contributed by atoms with Gasteiger partial charge in [0.05, 0.1) is 0 Å². The Balaban J connectivity index is 1.60. The lowest BCUT2D eigenvalue weighted by atomic mass is 9.29. The topological polar surface area (TPSA) is 6.48 Å². The van der Waals surface area contributed by atoms with Crippen molar-refractivity contribution in [1.82, 2.24) is 0 Å². The molecule has 2 unspecified atom stereocenters. The summed E-state index contributed by atoms with van der Waals surface area (Å²) in [5, 5.41) is 0. The summed E-state index contributed by atoms with van der Waals surface area (Å²) in [5.41, 5.74) is 9.43. The van der Waals surface area contributed by atoms with E-state index in [1.54, 1.807) is 0 Å². The van der Waals surface area contributed by atoms with Crippen molar-refractivity contribution in [2.45, 2.75) is 170 Å². The van der Waals surface area contributed by atoms with Gasteiger partial charge >= 0.3 is 0 Å². The molecule has 5 rings (SSSR count). The number of hydrogen-bond donors (Lipinski definition) is 0. The van der Waals surface area contributed by atoms with Gasteiger partial charge in [-0.1, -0.05) is 119 Å². The van der Waals surface area contributed by atoms with Gasteiger partial charge in [0.25, 0.3) is 0 Å². The molecule has 0 N–H and O–H groups in total. The maximum absolute atomic E-state index is 2.89. The van der Waals surface area contributed by atoms with Crippen molar-refractivity contribution in [3.05, 3.63) is 82.6 Å². The normalized spacial score (nSPS) is 24.3. The van der Waals surface area contributed by atoms with Crippen molar-refractivity contribution >= 4 is 24.8 Å². The van der Waals surface area contributed by atoms with E-state index in [0.29, 0.717) is 49.0 Å². The summed E-state index contributed by atoms with van der Waals surface area (Å²) in [6.45, 7) is 39.8. The summed E-state index contributed by atoms with van der Waals surface area (Å²) in [4.78, 5) is 5.78. The van der Waals surface area contributed by atoms with Gasteiger partial charge in [-0.15, -0.1) is 23.9 Å². The van der Waals surface area contributed by atoms with Crippen molar-refractivity contribution in [2.24, 2.45) is 10.8 Å². The molecule has 0 spiro atoms. The number of para-hydroxylation sites is 2. The largest absolute Gasteiger partial charge is 0.369 e. The molecule has 0 bridgehead atoms. The fourth-order valence-electron chi connectivity index (χ4n) is 11.0. The molecule has 48 heavy (non-hydrogen) atoms. The average Bonchev–Trinajstić information content (AvgIpc) is 3.29. The average molecular weight is 647 g/mol. The summed E-state index contributed by atoms with van der Waals surface area (Å²) in [6.07, 6.45) is 2.36. The van der Waals surface area contributed by atoms with Crippen LogP contribution in [0, 0.1) is 10.8 Å². The zero-order valence-electron chi connectivity index (χ0n) is 33.7. The Morgan fingerprint density at radius 1 is 0.479 bits per heavy atom. The molecular formula is C44H68B2N2. The SMILES string of the molecule is CC(C)c1cccc(C(C)C)c1N1C(B2C=CB(C3N(c4c(C(C)C)cccc4C(C)C)C(C)(C)CC3(C)C)C=C2)C(C)(C)CC1(C)C. The van der Waals surface area contributed by atoms with E-state index in [1.165, 1.54) is 46.5 Å². The van der Waals surface area contributed by atoms with Gasteiger partial charge in [0.2, 0.25) is 13.4 Å². The van der Waals surface area contributed by atoms with Crippen molar-refractivity contribution < 1.29 is 0 Å². The first-order valence-electron chi connectivity index (χ1n) is 19.3. The number of anilines is 2. The summed E-state index contributed by atoms with van der Waals surface area (Å²) >= 11 is 0. The third-order valence-corrected chi connectivity index (χ3v) is 12.2. The zero-order chi connectivity index (χ0) is 35.7. The first kappa shape index (κ1) is 36.9. The van der Waals surface area contributed by atoms with Gasteiger partial charge in [-0.05, 0) is 97.3 Å². The van der Waals surface area contributed by atoms with Gasteiger partial charge in [0, 0.05) is 34.3 Å². The van der Waals surface area contributed by atoms with E-state index >= 15 is 0 Å². The molecule has 0 amide bonds. The van der Waals surface area contributed by atoms with Crippen LogP contribution >= 0.6 is 0 Å². The molecule has 3 heterocycles. The van der Waals surface area contributed by atoms with Gasteiger partial charge in [-0.2, -0.15) is 0 Å². The van der Waals surface area contributed by atoms with Crippen molar-refractivity contribution in [2.75, 3.05) is 9.80 Å². The van der Waals surface area contributed by atoms with Crippen molar-refractivity contribution in [3.8, 4) is 0 Å². The molecule has 0 aromatic heterocycles. The molecule has 2 aromatic carbocycles. The van der Waals surface area contributed by atoms with Gasteiger partial charge in [0.15, 0.2) is 0 Å². The standard InChI is InChI=1S/C44H68B2N2/c1-29(2)33-19-17-20-34(30(3)4)37(33)47-39(41(9,10)27-43(47,13)14)45-23-25-46(26-24-45)40-42(11,12)28-44(15,16)48(40)38-35(31(5)6)21-18-22-36(38)32(7)8/h17-26,29-32,39-40H,27-28H2,1-16H3. The van der Waals surface area contributed by atoms with Crippen LogP contribution in [0.25, 0.3) is 0 Å². The Morgan fingerprint density at radius 3 is 0.958 bits per heavy atom. The Kier molecular flexibility index (Phi) is 9.81. The number of nitrogens with zero attached hydrogens (tertiary/aromatic N) is 2. The van der Waals surface area contributed by atoms with Crippen LogP contribution in [-0.2, 0) is 0 Å². The molecule has 260 valence electrons. The first-order valence-corrected chi connectivity index (χ1v) is 19.3. The van der Waals surface area contributed by atoms with Gasteiger partial charge in [-0.25, -0.2) is 0 Å². The summed E-state index contributed by atoms with van der Waals surface area (Å²) < 4.78 is 0. The lowest BCUT2D eigenvalue weighted by molar-refractivity contribution is 0.355. The van der Waals surface area contributed by atoms with Crippen LogP contribution in [-0.4, -0.2) is 36.4 Å². The highest BCUT2D eigenvalue weighted by atomic mass is 15.3. The Morgan fingerprint density at radius 2 is 0.729 bits per heavy atom. The maximum atomic E-state index is 2.89. The third kappa shape index (κ3) is 6.37. The molecule has 3 aliphatic heterocycles. The van der Waals surface area contributed by atoms with Crippen LogP contribution in [0.5, 0.6) is 0 Å². The fraction of sp³-hybridized carbons (Fsp3) is 0.636. The minimum Gasteiger partial charge on any atom is -0.369 e. The van der Waals surface area contributed by atoms with Crippen molar-refractivity contribution in [1.29, 1.82) is 0 Å². The zero-order valence-corrected chi connectivity index (χ0v) is 33.7. The Bertz CT molecular complexity index is 1360. The van der Waals surface area contributed by atoms with E-state index in [0.717, 1.165) is 0 Å². The molecule has 2 saturated heterocycles. The van der Waals surface area contributed by atoms with Crippen LogP contribution in [0.2, 0.25) is 0 Å². The Hall–Kier alpha value is -2.35. The van der Waals surface area contributed by atoms with Gasteiger partial charge in [-0.3, -0.25) is 0 Å². The lowest BCUT2D eigenvalue weighted by Crippen LogP contribution is -2.55. The van der Waals surface area contributed by atoms with E-state index in [9.17, 15) is 0 Å². The molecule has 2 aromatic rings.